The van der Waals surface area contributed by atoms with E-state index in [0.717, 1.165) is 0 Å². The highest BCUT2D eigenvalue weighted by Crippen LogP contribution is 2.28. The second-order valence-corrected chi connectivity index (χ2v) is 4.10. The van der Waals surface area contributed by atoms with Crippen molar-refractivity contribution < 1.29 is 27.8 Å². The van der Waals surface area contributed by atoms with Gasteiger partial charge in [-0.3, -0.25) is 4.79 Å². The number of aliphatic carboxylic acids is 1. The molecular weight excluding hydrogens is 275 g/mol. The monoisotopic (exact) mass is 289 g/mol. The Morgan fingerprint density at radius 1 is 1.35 bits per heavy atom. The summed E-state index contributed by atoms with van der Waals surface area (Å²) >= 11 is 0. The maximum atomic E-state index is 12.8. The number of methoxy groups -OCH3 is 1. The van der Waals surface area contributed by atoms with Gasteiger partial charge in [0.1, 0.15) is 11.5 Å². The van der Waals surface area contributed by atoms with Crippen molar-refractivity contribution in [1.82, 2.24) is 0 Å². The number of hydrogen-bond acceptors (Lipinski definition) is 3. The molecule has 0 saturated heterocycles. The zero-order valence-corrected chi connectivity index (χ0v) is 11.0. The largest absolute Gasteiger partial charge is 0.497 e. The first-order valence-electron chi connectivity index (χ1n) is 5.75. The number of halogens is 3. The Kier molecular flexibility index (Phi) is 5.12. The zero-order chi connectivity index (χ0) is 15.3. The lowest BCUT2D eigenvalue weighted by atomic mass is 10.1. The van der Waals surface area contributed by atoms with Crippen LogP contribution in [-0.2, 0) is 4.79 Å². The van der Waals surface area contributed by atoms with E-state index in [1.165, 1.54) is 19.2 Å². The van der Waals surface area contributed by atoms with Crippen LogP contribution >= 0.6 is 0 Å². The van der Waals surface area contributed by atoms with E-state index in [1.54, 1.807) is 13.0 Å². The molecule has 1 N–H and O–H groups in total. The number of hydrogen-bond donors (Lipinski definition) is 1. The van der Waals surface area contributed by atoms with E-state index in [2.05, 4.69) is 4.99 Å². The van der Waals surface area contributed by atoms with Gasteiger partial charge in [-0.05, 0) is 30.7 Å². The van der Waals surface area contributed by atoms with Gasteiger partial charge in [0.05, 0.1) is 19.2 Å². The predicted molar refractivity (Wildman–Crippen MR) is 67.8 cm³/mol. The summed E-state index contributed by atoms with van der Waals surface area (Å²) in [6, 6.07) is 4.46. The number of benzene rings is 1. The van der Waals surface area contributed by atoms with Crippen molar-refractivity contribution >= 4 is 17.4 Å². The van der Waals surface area contributed by atoms with E-state index in [9.17, 15) is 18.0 Å². The number of carboxylic acid groups (broad SMARTS) is 1. The van der Waals surface area contributed by atoms with Gasteiger partial charge in [0, 0.05) is 6.42 Å². The third kappa shape index (κ3) is 4.56. The minimum atomic E-state index is -4.65. The van der Waals surface area contributed by atoms with Crippen molar-refractivity contribution in [3.63, 3.8) is 0 Å². The first-order valence-corrected chi connectivity index (χ1v) is 5.75. The summed E-state index contributed by atoms with van der Waals surface area (Å²) in [6.07, 6.45) is -5.93. The smallest absolute Gasteiger partial charge is 0.429 e. The Balaban J connectivity index is 3.09. The lowest BCUT2D eigenvalue weighted by molar-refractivity contribution is -0.136. The van der Waals surface area contributed by atoms with Gasteiger partial charge in [0.2, 0.25) is 0 Å². The summed E-state index contributed by atoms with van der Waals surface area (Å²) in [5.74, 6) is -0.783. The van der Waals surface area contributed by atoms with E-state index in [1.807, 2.05) is 0 Å². The van der Waals surface area contributed by atoms with Gasteiger partial charge in [-0.1, -0.05) is 0 Å². The molecule has 4 nitrogen and oxygen atoms in total. The molecular formula is C13H14F3NO3. The summed E-state index contributed by atoms with van der Waals surface area (Å²) in [6.45, 7) is 1.60. The van der Waals surface area contributed by atoms with Crippen LogP contribution in [0.3, 0.4) is 0 Å². The van der Waals surface area contributed by atoms with Crippen molar-refractivity contribution in [1.29, 1.82) is 0 Å². The minimum Gasteiger partial charge on any atom is -0.497 e. The second-order valence-electron chi connectivity index (χ2n) is 4.10. The molecule has 0 saturated carbocycles. The van der Waals surface area contributed by atoms with Gasteiger partial charge in [0.15, 0.2) is 0 Å². The molecule has 0 amide bonds. The molecule has 110 valence electrons. The third-order valence-corrected chi connectivity index (χ3v) is 2.56. The molecule has 0 radical (unpaired) electrons. The first kappa shape index (κ1) is 16.0. The number of rotatable bonds is 5. The summed E-state index contributed by atoms with van der Waals surface area (Å²) in [5.41, 5.74) is -0.446. The fourth-order valence-electron chi connectivity index (χ4n) is 1.51. The predicted octanol–water partition coefficient (Wildman–Crippen LogP) is 3.50. The number of aryl methyl sites for hydroxylation is 1. The molecule has 0 aliphatic heterocycles. The molecule has 20 heavy (non-hydrogen) atoms. The molecule has 0 fully saturated rings. The molecule has 0 aromatic heterocycles. The molecule has 7 heteroatoms. The number of ether oxygens (including phenoxy) is 1. The lowest BCUT2D eigenvalue weighted by Gasteiger charge is -2.11. The van der Waals surface area contributed by atoms with E-state index >= 15 is 0 Å². The van der Waals surface area contributed by atoms with Crippen LogP contribution in [-0.4, -0.2) is 30.1 Å². The molecule has 0 spiro atoms. The van der Waals surface area contributed by atoms with Crippen LogP contribution in [0.25, 0.3) is 0 Å². The molecule has 0 unspecified atom stereocenters. The highest BCUT2D eigenvalue weighted by molar-refractivity contribution is 5.93. The van der Waals surface area contributed by atoms with Gasteiger partial charge >= 0.3 is 12.1 Å². The van der Waals surface area contributed by atoms with Crippen LogP contribution in [0.1, 0.15) is 18.4 Å². The summed E-state index contributed by atoms with van der Waals surface area (Å²) in [4.78, 5) is 13.9. The average molecular weight is 289 g/mol. The maximum absolute atomic E-state index is 12.8. The molecule has 0 aliphatic carbocycles. The van der Waals surface area contributed by atoms with Crippen LogP contribution in [0, 0.1) is 6.92 Å². The van der Waals surface area contributed by atoms with Gasteiger partial charge < -0.3 is 9.84 Å². The van der Waals surface area contributed by atoms with Crippen LogP contribution in [0.4, 0.5) is 18.9 Å². The number of aliphatic imine (C=N–C) groups is 1. The number of carbonyl (C=O) groups is 1. The maximum Gasteiger partial charge on any atom is 0.429 e. The Bertz CT molecular complexity index is 524. The van der Waals surface area contributed by atoms with E-state index in [4.69, 9.17) is 9.84 Å². The summed E-state index contributed by atoms with van der Waals surface area (Å²) in [7, 11) is 1.45. The molecule has 0 bridgehead atoms. The molecule has 0 aliphatic rings. The van der Waals surface area contributed by atoms with Crippen molar-refractivity contribution in [2.45, 2.75) is 25.9 Å². The normalized spacial score (nSPS) is 12.3. The SMILES string of the molecule is COc1ccc(N=C(CCC(=O)O)C(F)(F)F)c(C)c1. The Morgan fingerprint density at radius 3 is 2.45 bits per heavy atom. The Hall–Kier alpha value is -2.05. The van der Waals surface area contributed by atoms with Crippen molar-refractivity contribution in [3.05, 3.63) is 23.8 Å². The van der Waals surface area contributed by atoms with Crippen molar-refractivity contribution in [2.75, 3.05) is 7.11 Å². The quantitative estimate of drug-likeness (QED) is 0.844. The summed E-state index contributed by atoms with van der Waals surface area (Å²) in [5, 5.41) is 8.48. The van der Waals surface area contributed by atoms with E-state index in [0.29, 0.717) is 11.3 Å². The zero-order valence-electron chi connectivity index (χ0n) is 11.0. The average Bonchev–Trinajstić information content (AvgIpc) is 2.34. The molecule has 0 heterocycles. The third-order valence-electron chi connectivity index (χ3n) is 2.56. The lowest BCUT2D eigenvalue weighted by Crippen LogP contribution is -2.23. The second kappa shape index (κ2) is 6.40. The van der Waals surface area contributed by atoms with Gasteiger partial charge in [-0.15, -0.1) is 0 Å². The fourth-order valence-corrected chi connectivity index (χ4v) is 1.51. The van der Waals surface area contributed by atoms with E-state index < -0.39 is 30.7 Å². The van der Waals surface area contributed by atoms with Gasteiger partial charge in [0.25, 0.3) is 0 Å². The fraction of sp³-hybridized carbons (Fsp3) is 0.385. The van der Waals surface area contributed by atoms with Crippen molar-refractivity contribution in [2.24, 2.45) is 4.99 Å². The van der Waals surface area contributed by atoms with Crippen LogP contribution in [0.5, 0.6) is 5.75 Å². The highest BCUT2D eigenvalue weighted by Gasteiger charge is 2.35. The van der Waals surface area contributed by atoms with Gasteiger partial charge in [-0.25, -0.2) is 4.99 Å². The van der Waals surface area contributed by atoms with E-state index in [-0.39, 0.29) is 5.69 Å². The standard InChI is InChI=1S/C13H14F3NO3/c1-8-7-9(20-2)3-4-10(8)17-11(13(14,15)16)5-6-12(18)19/h3-4,7H,5-6H2,1-2H3,(H,18,19). The molecule has 1 aromatic carbocycles. The number of alkyl halides is 3. The molecule has 0 atom stereocenters. The first-order chi connectivity index (χ1) is 9.24. The van der Waals surface area contributed by atoms with Crippen LogP contribution in [0.15, 0.2) is 23.2 Å². The van der Waals surface area contributed by atoms with Crippen molar-refractivity contribution in [3.8, 4) is 5.75 Å². The van der Waals surface area contributed by atoms with Crippen LogP contribution in [0.2, 0.25) is 0 Å². The van der Waals surface area contributed by atoms with Gasteiger partial charge in [-0.2, -0.15) is 13.2 Å². The Labute approximate surface area is 113 Å². The number of nitrogens with zero attached hydrogens (tertiary/aromatic N) is 1. The molecule has 1 rings (SSSR count). The number of carboxylic acids is 1. The Morgan fingerprint density at radius 2 is 2.00 bits per heavy atom. The molecule has 1 aromatic rings. The topological polar surface area (TPSA) is 58.9 Å². The summed E-state index contributed by atoms with van der Waals surface area (Å²) < 4.78 is 43.3. The van der Waals surface area contributed by atoms with Crippen LogP contribution < -0.4 is 4.74 Å². The highest BCUT2D eigenvalue weighted by atomic mass is 19.4. The minimum absolute atomic E-state index is 0.142.